The molecular formula is C15H15NO4S. The SMILES string of the molecule is Cc1ccc(C)c(S(=O)(=O)Nc2ccc(C(=O)O)cc2)c1. The first-order chi connectivity index (χ1) is 9.79. The van der Waals surface area contributed by atoms with Gasteiger partial charge in [0.1, 0.15) is 0 Å². The number of aromatic carboxylic acids is 1. The number of benzene rings is 2. The molecule has 0 atom stereocenters. The van der Waals surface area contributed by atoms with E-state index in [1.807, 2.05) is 13.0 Å². The molecule has 0 saturated carbocycles. The van der Waals surface area contributed by atoms with Gasteiger partial charge in [-0.25, -0.2) is 13.2 Å². The van der Waals surface area contributed by atoms with Gasteiger partial charge in [-0.15, -0.1) is 0 Å². The van der Waals surface area contributed by atoms with Crippen LogP contribution < -0.4 is 4.72 Å². The molecule has 2 N–H and O–H groups in total. The summed E-state index contributed by atoms with van der Waals surface area (Å²) in [5.41, 5.74) is 1.92. The van der Waals surface area contributed by atoms with Gasteiger partial charge in [0.05, 0.1) is 10.5 Å². The van der Waals surface area contributed by atoms with Crippen LogP contribution in [0.3, 0.4) is 0 Å². The van der Waals surface area contributed by atoms with Crippen molar-refractivity contribution in [1.82, 2.24) is 0 Å². The number of hydrogen-bond acceptors (Lipinski definition) is 3. The summed E-state index contributed by atoms with van der Waals surface area (Å²) in [5, 5.41) is 8.81. The Hall–Kier alpha value is -2.34. The highest BCUT2D eigenvalue weighted by molar-refractivity contribution is 7.92. The summed E-state index contributed by atoms with van der Waals surface area (Å²) in [6.45, 7) is 3.54. The van der Waals surface area contributed by atoms with E-state index < -0.39 is 16.0 Å². The van der Waals surface area contributed by atoms with Gasteiger partial charge >= 0.3 is 5.97 Å². The molecule has 0 unspecified atom stereocenters. The van der Waals surface area contributed by atoms with Gasteiger partial charge in [-0.3, -0.25) is 4.72 Å². The van der Waals surface area contributed by atoms with Crippen molar-refractivity contribution in [3.05, 3.63) is 59.2 Å². The topological polar surface area (TPSA) is 83.5 Å². The Balaban J connectivity index is 2.33. The van der Waals surface area contributed by atoms with Gasteiger partial charge in [0.2, 0.25) is 0 Å². The standard InChI is InChI=1S/C15H15NO4S/c1-10-3-4-11(2)14(9-10)21(19,20)16-13-7-5-12(6-8-13)15(17)18/h3-9,16H,1-2H3,(H,17,18). The van der Waals surface area contributed by atoms with Crippen molar-refractivity contribution in [3.63, 3.8) is 0 Å². The van der Waals surface area contributed by atoms with Crippen molar-refractivity contribution in [2.75, 3.05) is 4.72 Å². The molecule has 0 spiro atoms. The van der Waals surface area contributed by atoms with Gasteiger partial charge in [0.15, 0.2) is 0 Å². The second-order valence-corrected chi connectivity index (χ2v) is 6.41. The average Bonchev–Trinajstić information content (AvgIpc) is 2.41. The number of hydrogen-bond donors (Lipinski definition) is 2. The Kier molecular flexibility index (Phi) is 3.99. The number of carboxylic acids is 1. The molecule has 0 aliphatic rings. The third-order valence-electron chi connectivity index (χ3n) is 3.02. The smallest absolute Gasteiger partial charge is 0.335 e. The fourth-order valence-corrected chi connectivity index (χ4v) is 3.28. The first kappa shape index (κ1) is 15.1. The molecular weight excluding hydrogens is 290 g/mol. The molecule has 2 rings (SSSR count). The monoisotopic (exact) mass is 305 g/mol. The highest BCUT2D eigenvalue weighted by Gasteiger charge is 2.17. The second-order valence-electron chi connectivity index (χ2n) is 4.76. The molecule has 0 heterocycles. The van der Waals surface area contributed by atoms with Crippen molar-refractivity contribution >= 4 is 21.7 Å². The highest BCUT2D eigenvalue weighted by Crippen LogP contribution is 2.20. The van der Waals surface area contributed by atoms with Crippen LogP contribution in [0.15, 0.2) is 47.4 Å². The van der Waals surface area contributed by atoms with Crippen molar-refractivity contribution in [2.24, 2.45) is 0 Å². The number of carbonyl (C=O) groups is 1. The maximum absolute atomic E-state index is 12.4. The Labute approximate surface area is 123 Å². The van der Waals surface area contributed by atoms with E-state index in [9.17, 15) is 13.2 Å². The normalized spacial score (nSPS) is 11.1. The molecule has 5 nitrogen and oxygen atoms in total. The maximum atomic E-state index is 12.4. The van der Waals surface area contributed by atoms with Gasteiger partial charge in [0.25, 0.3) is 10.0 Å². The number of carboxylic acid groups (broad SMARTS) is 1. The van der Waals surface area contributed by atoms with Crippen LogP contribution in [-0.2, 0) is 10.0 Å². The van der Waals surface area contributed by atoms with E-state index in [0.29, 0.717) is 11.3 Å². The van der Waals surface area contributed by atoms with E-state index in [0.717, 1.165) is 5.56 Å². The predicted molar refractivity (Wildman–Crippen MR) is 80.1 cm³/mol. The van der Waals surface area contributed by atoms with E-state index in [1.54, 1.807) is 19.1 Å². The van der Waals surface area contributed by atoms with E-state index in [4.69, 9.17) is 5.11 Å². The highest BCUT2D eigenvalue weighted by atomic mass is 32.2. The number of rotatable bonds is 4. The summed E-state index contributed by atoms with van der Waals surface area (Å²) in [4.78, 5) is 11.0. The number of aryl methyl sites for hydroxylation is 2. The van der Waals surface area contributed by atoms with Gasteiger partial charge in [-0.2, -0.15) is 0 Å². The zero-order valence-corrected chi connectivity index (χ0v) is 12.4. The third-order valence-corrected chi connectivity index (χ3v) is 4.54. The van der Waals surface area contributed by atoms with Gasteiger partial charge in [-0.05, 0) is 55.3 Å². The summed E-state index contributed by atoms with van der Waals surface area (Å²) in [5.74, 6) is -1.06. The zero-order valence-electron chi connectivity index (χ0n) is 11.6. The van der Waals surface area contributed by atoms with Crippen LogP contribution >= 0.6 is 0 Å². The third kappa shape index (κ3) is 3.41. The Morgan fingerprint density at radius 3 is 2.24 bits per heavy atom. The second kappa shape index (κ2) is 5.57. The molecule has 6 heteroatoms. The molecule has 0 saturated heterocycles. The first-order valence-corrected chi connectivity index (χ1v) is 7.71. The van der Waals surface area contributed by atoms with Gasteiger partial charge in [0, 0.05) is 5.69 Å². The molecule has 0 bridgehead atoms. The lowest BCUT2D eigenvalue weighted by Gasteiger charge is -2.11. The Morgan fingerprint density at radius 1 is 1.05 bits per heavy atom. The molecule has 0 radical (unpaired) electrons. The van der Waals surface area contributed by atoms with Gasteiger partial charge in [-0.1, -0.05) is 12.1 Å². The van der Waals surface area contributed by atoms with Crippen LogP contribution in [-0.4, -0.2) is 19.5 Å². The summed E-state index contributed by atoms with van der Waals surface area (Å²) in [6, 6.07) is 10.7. The summed E-state index contributed by atoms with van der Waals surface area (Å²) in [6.07, 6.45) is 0. The summed E-state index contributed by atoms with van der Waals surface area (Å²) < 4.78 is 27.2. The van der Waals surface area contributed by atoms with E-state index in [-0.39, 0.29) is 10.5 Å². The lowest BCUT2D eigenvalue weighted by atomic mass is 10.2. The van der Waals surface area contributed by atoms with Crippen molar-refractivity contribution in [1.29, 1.82) is 0 Å². The molecule has 0 aliphatic heterocycles. The maximum Gasteiger partial charge on any atom is 0.335 e. The first-order valence-electron chi connectivity index (χ1n) is 6.23. The molecule has 110 valence electrons. The molecule has 2 aromatic rings. The molecule has 0 aromatic heterocycles. The summed E-state index contributed by atoms with van der Waals surface area (Å²) >= 11 is 0. The fraction of sp³-hybridized carbons (Fsp3) is 0.133. The van der Waals surface area contributed by atoms with Crippen LogP contribution in [0.25, 0.3) is 0 Å². The molecule has 21 heavy (non-hydrogen) atoms. The number of anilines is 1. The minimum atomic E-state index is -3.70. The van der Waals surface area contributed by atoms with Crippen LogP contribution in [0.4, 0.5) is 5.69 Å². The van der Waals surface area contributed by atoms with Crippen LogP contribution in [0.1, 0.15) is 21.5 Å². The lowest BCUT2D eigenvalue weighted by Crippen LogP contribution is -2.14. The number of sulfonamides is 1. The van der Waals surface area contributed by atoms with E-state index >= 15 is 0 Å². The van der Waals surface area contributed by atoms with Crippen LogP contribution in [0, 0.1) is 13.8 Å². The van der Waals surface area contributed by atoms with Crippen molar-refractivity contribution in [3.8, 4) is 0 Å². The van der Waals surface area contributed by atoms with E-state index in [1.165, 1.54) is 24.3 Å². The molecule has 0 fully saturated rings. The average molecular weight is 305 g/mol. The molecule has 2 aromatic carbocycles. The van der Waals surface area contributed by atoms with E-state index in [2.05, 4.69) is 4.72 Å². The minimum absolute atomic E-state index is 0.102. The lowest BCUT2D eigenvalue weighted by molar-refractivity contribution is 0.0697. The van der Waals surface area contributed by atoms with Crippen molar-refractivity contribution in [2.45, 2.75) is 18.7 Å². The van der Waals surface area contributed by atoms with Crippen LogP contribution in [0.5, 0.6) is 0 Å². The molecule has 0 aliphatic carbocycles. The summed E-state index contributed by atoms with van der Waals surface area (Å²) in [7, 11) is -3.70. The van der Waals surface area contributed by atoms with Gasteiger partial charge < -0.3 is 5.11 Å². The predicted octanol–water partition coefficient (Wildman–Crippen LogP) is 2.80. The number of nitrogens with one attached hydrogen (secondary N) is 1. The Bertz CT molecular complexity index is 780. The minimum Gasteiger partial charge on any atom is -0.478 e. The van der Waals surface area contributed by atoms with Crippen LogP contribution in [0.2, 0.25) is 0 Å². The van der Waals surface area contributed by atoms with Crippen molar-refractivity contribution < 1.29 is 18.3 Å². The zero-order chi connectivity index (χ0) is 15.6. The molecule has 0 amide bonds. The largest absolute Gasteiger partial charge is 0.478 e. The quantitative estimate of drug-likeness (QED) is 0.909. The fourth-order valence-electron chi connectivity index (χ4n) is 1.89. The Morgan fingerprint density at radius 2 is 1.67 bits per heavy atom.